The number of rotatable bonds is 2. The number of hydrogen-bond donors (Lipinski definition) is 1. The molecule has 1 amide bonds. The Balaban J connectivity index is 1.72. The van der Waals surface area contributed by atoms with Crippen LogP contribution in [0.15, 0.2) is 12.3 Å². The predicted octanol–water partition coefficient (Wildman–Crippen LogP) is 4.19. The molecule has 2 saturated heterocycles. The van der Waals surface area contributed by atoms with Crippen molar-refractivity contribution in [1.29, 1.82) is 0 Å². The van der Waals surface area contributed by atoms with Crippen molar-refractivity contribution in [2.24, 2.45) is 0 Å². The Hall–Kier alpha value is -2.06. The number of carbonyl (C=O) groups excluding carboxylic acids is 1. The normalized spacial score (nSPS) is 25.5. The van der Waals surface area contributed by atoms with Gasteiger partial charge in [0.25, 0.3) is 0 Å². The summed E-state index contributed by atoms with van der Waals surface area (Å²) in [7, 11) is 0. The van der Waals surface area contributed by atoms with E-state index in [1.54, 1.807) is 25.7 Å². The van der Waals surface area contributed by atoms with Crippen molar-refractivity contribution < 1.29 is 27.1 Å². The Morgan fingerprint density at radius 1 is 1.31 bits per heavy atom. The highest BCUT2D eigenvalue weighted by molar-refractivity contribution is 5.70. The van der Waals surface area contributed by atoms with E-state index in [1.165, 1.54) is 0 Å². The van der Waals surface area contributed by atoms with Crippen LogP contribution in [0.4, 0.5) is 28.2 Å². The molecule has 0 spiro atoms. The Morgan fingerprint density at radius 3 is 2.58 bits per heavy atom. The number of alkyl halides is 3. The van der Waals surface area contributed by atoms with Gasteiger partial charge in [0.2, 0.25) is 0 Å². The number of amides is 1. The lowest BCUT2D eigenvalue weighted by Gasteiger charge is -2.28. The van der Waals surface area contributed by atoms with E-state index in [-0.39, 0.29) is 23.9 Å². The van der Waals surface area contributed by atoms with E-state index in [0.717, 1.165) is 12.8 Å². The molecule has 2 aliphatic heterocycles. The van der Waals surface area contributed by atoms with E-state index >= 15 is 0 Å². The number of fused-ring (bicyclic) bond motifs is 2. The van der Waals surface area contributed by atoms with Gasteiger partial charge in [0.15, 0.2) is 11.6 Å². The van der Waals surface area contributed by atoms with Gasteiger partial charge in [0, 0.05) is 12.2 Å². The molecule has 144 valence electrons. The van der Waals surface area contributed by atoms with Crippen LogP contribution in [0.1, 0.15) is 45.6 Å². The molecular weight excluding hydrogens is 354 g/mol. The van der Waals surface area contributed by atoms with Crippen molar-refractivity contribution in [1.82, 2.24) is 9.88 Å². The van der Waals surface area contributed by atoms with Crippen molar-refractivity contribution in [2.45, 2.75) is 69.9 Å². The average Bonchev–Trinajstić information content (AvgIpc) is 3.04. The fourth-order valence-electron chi connectivity index (χ4n) is 3.62. The summed E-state index contributed by atoms with van der Waals surface area (Å²) in [4.78, 5) is 17.6. The molecule has 0 saturated carbocycles. The molecule has 1 aromatic heterocycles. The van der Waals surface area contributed by atoms with Gasteiger partial charge in [0.05, 0.1) is 17.6 Å². The first-order valence-corrected chi connectivity index (χ1v) is 8.46. The molecule has 2 fully saturated rings. The van der Waals surface area contributed by atoms with Crippen molar-refractivity contribution in [2.75, 3.05) is 5.32 Å². The summed E-state index contributed by atoms with van der Waals surface area (Å²) in [6.07, 6.45) is -2.34. The number of ether oxygens (including phenoxy) is 1. The van der Waals surface area contributed by atoms with E-state index in [2.05, 4.69) is 10.3 Å². The van der Waals surface area contributed by atoms with Crippen LogP contribution < -0.4 is 5.32 Å². The minimum atomic E-state index is -4.65. The van der Waals surface area contributed by atoms with E-state index in [1.807, 2.05) is 0 Å². The van der Waals surface area contributed by atoms with E-state index in [0.29, 0.717) is 18.7 Å². The fraction of sp³-hybridized carbons (Fsp3) is 0.647. The van der Waals surface area contributed by atoms with Crippen LogP contribution in [0, 0.1) is 5.82 Å². The Labute approximate surface area is 148 Å². The minimum Gasteiger partial charge on any atom is -0.444 e. The number of aromatic nitrogens is 1. The third-order valence-electron chi connectivity index (χ3n) is 4.63. The SMILES string of the molecule is CC(C)(C)OC(=O)N1[C@@H]2CC[C@H]1[C@H](Nc1ncc(C(F)(F)F)cc1F)C2. The molecule has 0 unspecified atom stereocenters. The van der Waals surface area contributed by atoms with Gasteiger partial charge in [-0.3, -0.25) is 0 Å². The zero-order valence-electron chi connectivity index (χ0n) is 14.7. The highest BCUT2D eigenvalue weighted by atomic mass is 19.4. The first-order chi connectivity index (χ1) is 12.0. The van der Waals surface area contributed by atoms with Crippen LogP contribution in [0.25, 0.3) is 0 Å². The lowest BCUT2D eigenvalue weighted by atomic mass is 9.95. The van der Waals surface area contributed by atoms with Gasteiger partial charge in [-0.25, -0.2) is 14.2 Å². The summed E-state index contributed by atoms with van der Waals surface area (Å²) in [6.45, 7) is 5.33. The number of nitrogens with one attached hydrogen (secondary N) is 1. The summed E-state index contributed by atoms with van der Waals surface area (Å²) in [6, 6.07) is -0.0723. The number of hydrogen-bond acceptors (Lipinski definition) is 4. The average molecular weight is 375 g/mol. The Kier molecular flexibility index (Phi) is 4.52. The van der Waals surface area contributed by atoms with Gasteiger partial charge < -0.3 is 15.0 Å². The molecule has 9 heteroatoms. The van der Waals surface area contributed by atoms with Crippen LogP contribution in [0.3, 0.4) is 0 Å². The minimum absolute atomic E-state index is 0.0233. The number of anilines is 1. The van der Waals surface area contributed by atoms with Crippen LogP contribution in [0.2, 0.25) is 0 Å². The van der Waals surface area contributed by atoms with Crippen molar-refractivity contribution in [3.8, 4) is 0 Å². The molecule has 3 rings (SSSR count). The van der Waals surface area contributed by atoms with Gasteiger partial charge in [-0.15, -0.1) is 0 Å². The smallest absolute Gasteiger partial charge is 0.417 e. The van der Waals surface area contributed by atoms with E-state index in [4.69, 9.17) is 4.74 Å². The zero-order valence-corrected chi connectivity index (χ0v) is 14.7. The summed E-state index contributed by atoms with van der Waals surface area (Å²) < 4.78 is 57.3. The summed E-state index contributed by atoms with van der Waals surface area (Å²) in [5.41, 5.74) is -1.76. The number of nitrogens with zero attached hydrogens (tertiary/aromatic N) is 2. The van der Waals surface area contributed by atoms with Crippen LogP contribution in [0.5, 0.6) is 0 Å². The van der Waals surface area contributed by atoms with Crippen LogP contribution in [-0.2, 0) is 10.9 Å². The first kappa shape index (κ1) is 18.7. The van der Waals surface area contributed by atoms with Crippen LogP contribution in [-0.4, -0.2) is 39.7 Å². The molecule has 0 aliphatic carbocycles. The van der Waals surface area contributed by atoms with Crippen molar-refractivity contribution in [3.05, 3.63) is 23.6 Å². The predicted molar refractivity (Wildman–Crippen MR) is 86.1 cm³/mol. The molecule has 3 atom stereocenters. The summed E-state index contributed by atoms with van der Waals surface area (Å²) in [5.74, 6) is -1.30. The van der Waals surface area contributed by atoms with Gasteiger partial charge >= 0.3 is 12.3 Å². The lowest BCUT2D eigenvalue weighted by molar-refractivity contribution is -0.138. The third-order valence-corrected chi connectivity index (χ3v) is 4.63. The second kappa shape index (κ2) is 6.28. The molecule has 5 nitrogen and oxygen atoms in total. The number of halogens is 4. The third kappa shape index (κ3) is 3.71. The fourth-order valence-corrected chi connectivity index (χ4v) is 3.62. The zero-order chi connectivity index (χ0) is 19.3. The highest BCUT2D eigenvalue weighted by Gasteiger charge is 2.50. The number of pyridine rings is 1. The maximum absolute atomic E-state index is 14.0. The lowest BCUT2D eigenvalue weighted by Crippen LogP contribution is -2.42. The molecular formula is C17H21F4N3O2. The van der Waals surface area contributed by atoms with E-state index in [9.17, 15) is 22.4 Å². The second-order valence-corrected chi connectivity index (χ2v) is 7.72. The summed E-state index contributed by atoms with van der Waals surface area (Å²) in [5, 5.41) is 2.86. The van der Waals surface area contributed by atoms with Crippen molar-refractivity contribution in [3.63, 3.8) is 0 Å². The van der Waals surface area contributed by atoms with Gasteiger partial charge in [-0.1, -0.05) is 0 Å². The molecule has 26 heavy (non-hydrogen) atoms. The Morgan fingerprint density at radius 2 is 2.00 bits per heavy atom. The largest absolute Gasteiger partial charge is 0.444 e. The maximum Gasteiger partial charge on any atom is 0.417 e. The standard InChI is InChI=1S/C17H21F4N3O2/c1-16(2,3)26-15(25)24-10-4-5-13(24)12(7-10)23-14-11(18)6-9(8-22-14)17(19,20)21/h6,8,10,12-13H,4-5,7H2,1-3H3,(H,22,23)/t10-,12-,13+/m1/s1. The van der Waals surface area contributed by atoms with Gasteiger partial charge in [0.1, 0.15) is 5.60 Å². The monoisotopic (exact) mass is 375 g/mol. The van der Waals surface area contributed by atoms with Gasteiger partial charge in [-0.05, 0) is 46.1 Å². The van der Waals surface area contributed by atoms with E-state index < -0.39 is 29.3 Å². The molecule has 0 aromatic carbocycles. The molecule has 3 heterocycles. The topological polar surface area (TPSA) is 54.5 Å². The Bertz CT molecular complexity index is 702. The molecule has 2 aliphatic rings. The molecule has 2 bridgehead atoms. The van der Waals surface area contributed by atoms with Crippen LogP contribution >= 0.6 is 0 Å². The first-order valence-electron chi connectivity index (χ1n) is 8.46. The maximum atomic E-state index is 14.0. The van der Waals surface area contributed by atoms with Gasteiger partial charge in [-0.2, -0.15) is 13.2 Å². The molecule has 1 aromatic rings. The quantitative estimate of drug-likeness (QED) is 0.788. The highest BCUT2D eigenvalue weighted by Crippen LogP contribution is 2.40. The summed E-state index contributed by atoms with van der Waals surface area (Å²) >= 11 is 0. The molecule has 0 radical (unpaired) electrons. The molecule has 1 N–H and O–H groups in total. The number of carbonyl (C=O) groups is 1. The second-order valence-electron chi connectivity index (χ2n) is 7.72. The van der Waals surface area contributed by atoms with Crippen molar-refractivity contribution >= 4 is 11.9 Å².